The van der Waals surface area contributed by atoms with Gasteiger partial charge in [-0.1, -0.05) is 69.6 Å². The molecule has 2 aromatic carbocycles. The lowest BCUT2D eigenvalue weighted by molar-refractivity contribution is -0.149. The molecule has 0 spiro atoms. The summed E-state index contributed by atoms with van der Waals surface area (Å²) < 4.78 is 5.35. The molecule has 150 valence electrons. The SMILES string of the molecule is CCc1cccc(CC)c1NC(=O)COC(=O)[C@@H](c1ccc(Cl)cc1)C(C)C. The minimum absolute atomic E-state index is 0.0317. The maximum absolute atomic E-state index is 12.6. The van der Waals surface area contributed by atoms with E-state index < -0.39 is 11.9 Å². The topological polar surface area (TPSA) is 55.4 Å². The Morgan fingerprint density at radius 2 is 1.57 bits per heavy atom. The van der Waals surface area contributed by atoms with Crippen LogP contribution in [0.25, 0.3) is 0 Å². The number of hydrogen-bond donors (Lipinski definition) is 1. The first-order chi connectivity index (χ1) is 13.4. The molecule has 1 amide bonds. The average molecular weight is 402 g/mol. The van der Waals surface area contributed by atoms with Crippen LogP contribution in [0.2, 0.25) is 5.02 Å². The molecule has 0 aliphatic rings. The Morgan fingerprint density at radius 1 is 1.00 bits per heavy atom. The number of nitrogens with one attached hydrogen (secondary N) is 1. The third-order valence-electron chi connectivity index (χ3n) is 4.76. The van der Waals surface area contributed by atoms with Crippen molar-refractivity contribution in [3.05, 3.63) is 64.2 Å². The Kier molecular flexibility index (Phi) is 8.06. The summed E-state index contributed by atoms with van der Waals surface area (Å²) in [6.07, 6.45) is 1.63. The van der Waals surface area contributed by atoms with E-state index in [-0.39, 0.29) is 18.4 Å². The van der Waals surface area contributed by atoms with Crippen molar-refractivity contribution in [3.63, 3.8) is 0 Å². The van der Waals surface area contributed by atoms with Crippen molar-refractivity contribution in [2.75, 3.05) is 11.9 Å². The normalized spacial score (nSPS) is 11.9. The highest BCUT2D eigenvalue weighted by Crippen LogP contribution is 2.27. The molecule has 1 N–H and O–H groups in total. The Morgan fingerprint density at radius 3 is 2.07 bits per heavy atom. The van der Waals surface area contributed by atoms with E-state index in [0.29, 0.717) is 5.02 Å². The van der Waals surface area contributed by atoms with Gasteiger partial charge in [0.1, 0.15) is 0 Å². The van der Waals surface area contributed by atoms with Crippen LogP contribution in [0.15, 0.2) is 42.5 Å². The zero-order valence-corrected chi connectivity index (χ0v) is 17.7. The first-order valence-electron chi connectivity index (χ1n) is 9.70. The molecule has 0 aliphatic heterocycles. The van der Waals surface area contributed by atoms with Gasteiger partial charge in [-0.2, -0.15) is 0 Å². The van der Waals surface area contributed by atoms with Gasteiger partial charge in [0, 0.05) is 10.7 Å². The summed E-state index contributed by atoms with van der Waals surface area (Å²) in [6.45, 7) is 7.68. The molecule has 5 heteroatoms. The summed E-state index contributed by atoms with van der Waals surface area (Å²) >= 11 is 5.94. The first-order valence-corrected chi connectivity index (χ1v) is 10.1. The molecule has 0 aliphatic carbocycles. The van der Waals surface area contributed by atoms with Gasteiger partial charge in [-0.3, -0.25) is 9.59 Å². The molecule has 2 aromatic rings. The average Bonchev–Trinajstić information content (AvgIpc) is 2.68. The molecule has 28 heavy (non-hydrogen) atoms. The lowest BCUT2D eigenvalue weighted by Gasteiger charge is -2.20. The zero-order valence-electron chi connectivity index (χ0n) is 16.9. The fourth-order valence-electron chi connectivity index (χ4n) is 3.27. The van der Waals surface area contributed by atoms with E-state index in [1.54, 1.807) is 12.1 Å². The second-order valence-electron chi connectivity index (χ2n) is 7.09. The number of halogens is 1. The van der Waals surface area contributed by atoms with Crippen molar-refractivity contribution >= 4 is 29.2 Å². The molecule has 4 nitrogen and oxygen atoms in total. The van der Waals surface area contributed by atoms with Gasteiger partial charge in [-0.05, 0) is 47.6 Å². The highest BCUT2D eigenvalue weighted by Gasteiger charge is 2.26. The van der Waals surface area contributed by atoms with E-state index in [1.807, 2.05) is 58.0 Å². The van der Waals surface area contributed by atoms with Gasteiger partial charge >= 0.3 is 5.97 Å². The van der Waals surface area contributed by atoms with Crippen LogP contribution in [0.1, 0.15) is 50.3 Å². The van der Waals surface area contributed by atoms with Crippen molar-refractivity contribution in [1.29, 1.82) is 0 Å². The number of ether oxygens (including phenoxy) is 1. The Bertz CT molecular complexity index is 793. The van der Waals surface area contributed by atoms with Crippen LogP contribution in [0, 0.1) is 5.92 Å². The highest BCUT2D eigenvalue weighted by molar-refractivity contribution is 6.30. The summed E-state index contributed by atoms with van der Waals surface area (Å²) in [6, 6.07) is 13.1. The largest absolute Gasteiger partial charge is 0.455 e. The molecule has 0 heterocycles. The smallest absolute Gasteiger partial charge is 0.314 e. The number of carbonyl (C=O) groups excluding carboxylic acids is 2. The fraction of sp³-hybridized carbons (Fsp3) is 0.391. The van der Waals surface area contributed by atoms with Crippen molar-refractivity contribution in [3.8, 4) is 0 Å². The number of aryl methyl sites for hydroxylation is 2. The second-order valence-corrected chi connectivity index (χ2v) is 7.52. The highest BCUT2D eigenvalue weighted by atomic mass is 35.5. The zero-order chi connectivity index (χ0) is 20.7. The van der Waals surface area contributed by atoms with Gasteiger partial charge in [0.2, 0.25) is 0 Å². The number of rotatable bonds is 8. The van der Waals surface area contributed by atoms with Gasteiger partial charge in [-0.15, -0.1) is 0 Å². The molecule has 0 bridgehead atoms. The summed E-state index contributed by atoms with van der Waals surface area (Å²) in [7, 11) is 0. The van der Waals surface area contributed by atoms with Crippen molar-refractivity contribution in [2.45, 2.75) is 46.5 Å². The van der Waals surface area contributed by atoms with Gasteiger partial charge in [-0.25, -0.2) is 0 Å². The molecule has 0 saturated carbocycles. The predicted molar refractivity (Wildman–Crippen MR) is 114 cm³/mol. The summed E-state index contributed by atoms with van der Waals surface area (Å²) in [5.74, 6) is -1.15. The summed E-state index contributed by atoms with van der Waals surface area (Å²) in [5, 5.41) is 3.53. The number of amides is 1. The van der Waals surface area contributed by atoms with E-state index in [2.05, 4.69) is 5.32 Å². The molecule has 0 unspecified atom stereocenters. The fourth-order valence-corrected chi connectivity index (χ4v) is 3.39. The summed E-state index contributed by atoms with van der Waals surface area (Å²) in [4.78, 5) is 25.1. The molecule has 0 aromatic heterocycles. The second kappa shape index (κ2) is 10.3. The van der Waals surface area contributed by atoms with Gasteiger partial charge < -0.3 is 10.1 Å². The third-order valence-corrected chi connectivity index (χ3v) is 5.01. The monoisotopic (exact) mass is 401 g/mol. The number of hydrogen-bond acceptors (Lipinski definition) is 3. The Hall–Kier alpha value is -2.33. The standard InChI is InChI=1S/C23H28ClNO3/c1-5-16-8-7-9-17(6-2)22(16)25-20(26)14-28-23(27)21(15(3)4)18-10-12-19(24)13-11-18/h7-13,15,21H,5-6,14H2,1-4H3,(H,25,26)/t21-/m1/s1. The van der Waals surface area contributed by atoms with Crippen LogP contribution in [0.3, 0.4) is 0 Å². The molecular weight excluding hydrogens is 374 g/mol. The predicted octanol–water partition coefficient (Wildman–Crippen LogP) is 5.39. The molecule has 2 rings (SSSR count). The van der Waals surface area contributed by atoms with Gasteiger partial charge in [0.15, 0.2) is 6.61 Å². The molecule has 1 atom stereocenters. The minimum Gasteiger partial charge on any atom is -0.455 e. The van der Waals surface area contributed by atoms with Crippen molar-refractivity contribution in [2.24, 2.45) is 5.92 Å². The van der Waals surface area contributed by atoms with Crippen LogP contribution in [0.4, 0.5) is 5.69 Å². The Balaban J connectivity index is 2.05. The van der Waals surface area contributed by atoms with Crippen LogP contribution in [0.5, 0.6) is 0 Å². The number of para-hydroxylation sites is 1. The number of esters is 1. The quantitative estimate of drug-likeness (QED) is 0.603. The minimum atomic E-state index is -0.445. The maximum Gasteiger partial charge on any atom is 0.314 e. The molecule has 0 saturated heterocycles. The molecular formula is C23H28ClNO3. The van der Waals surface area contributed by atoms with Crippen LogP contribution < -0.4 is 5.32 Å². The van der Waals surface area contributed by atoms with Crippen LogP contribution >= 0.6 is 11.6 Å². The number of benzene rings is 2. The third kappa shape index (κ3) is 5.59. The van der Waals surface area contributed by atoms with E-state index in [0.717, 1.165) is 35.2 Å². The van der Waals surface area contributed by atoms with E-state index in [4.69, 9.17) is 16.3 Å². The van der Waals surface area contributed by atoms with Gasteiger partial charge in [0.25, 0.3) is 5.91 Å². The Labute approximate surface area is 172 Å². The number of anilines is 1. The maximum atomic E-state index is 12.6. The number of carbonyl (C=O) groups is 2. The lowest BCUT2D eigenvalue weighted by atomic mass is 9.88. The summed E-state index contributed by atoms with van der Waals surface area (Å²) in [5.41, 5.74) is 3.79. The van der Waals surface area contributed by atoms with E-state index in [9.17, 15) is 9.59 Å². The van der Waals surface area contributed by atoms with E-state index in [1.165, 1.54) is 0 Å². The van der Waals surface area contributed by atoms with Gasteiger partial charge in [0.05, 0.1) is 5.92 Å². The lowest BCUT2D eigenvalue weighted by Crippen LogP contribution is -2.26. The first kappa shape index (κ1) is 22.0. The van der Waals surface area contributed by atoms with E-state index >= 15 is 0 Å². The van der Waals surface area contributed by atoms with Crippen LogP contribution in [-0.4, -0.2) is 18.5 Å². The van der Waals surface area contributed by atoms with Crippen LogP contribution in [-0.2, 0) is 27.2 Å². The molecule has 0 fully saturated rings. The van der Waals surface area contributed by atoms with Crippen molar-refractivity contribution < 1.29 is 14.3 Å². The van der Waals surface area contributed by atoms with Crippen molar-refractivity contribution in [1.82, 2.24) is 0 Å². The molecule has 0 radical (unpaired) electrons.